The molecule has 6 rings (SSSR count). The molecule has 1 aromatic heterocycles. The molecule has 1 saturated heterocycles. The summed E-state index contributed by atoms with van der Waals surface area (Å²) in [7, 11) is 0. The van der Waals surface area contributed by atoms with Gasteiger partial charge in [-0.15, -0.1) is 0 Å². The summed E-state index contributed by atoms with van der Waals surface area (Å²) in [4.78, 5) is 26.7. The number of anilines is 1. The molecule has 1 aliphatic heterocycles. The van der Waals surface area contributed by atoms with Crippen LogP contribution in [0.3, 0.4) is 0 Å². The lowest BCUT2D eigenvalue weighted by Gasteiger charge is -2.35. The first-order chi connectivity index (χ1) is 21.3. The van der Waals surface area contributed by atoms with Crippen LogP contribution in [0, 0.1) is 0 Å². The number of hydrogen-bond donors (Lipinski definition) is 1. The highest BCUT2D eigenvalue weighted by atomic mass is 19.4. The van der Waals surface area contributed by atoms with Crippen molar-refractivity contribution < 1.29 is 22.7 Å². The number of alkyl carbamates (subject to hydrolysis) is 1. The van der Waals surface area contributed by atoms with E-state index < -0.39 is 24.4 Å². The Kier molecular flexibility index (Phi) is 8.52. The standard InChI is InChI=1S/C34H34F3N5O2/c35-34(36,37)24-39-32(43)44-33(28-14-6-4-12-26(28)27-13-5-7-15-29(27)33)17-8-9-19-41-20-22-42(23-21-41)31-38-18-16-30(40-31)25-10-2-1-3-11-25/h1-7,10-16,18H,8-9,17,19-24H2,(H,39,43). The number of rotatable bonds is 9. The van der Waals surface area contributed by atoms with Crippen LogP contribution in [-0.4, -0.2) is 66.4 Å². The largest absolute Gasteiger partial charge is 0.433 e. The molecule has 1 fully saturated rings. The van der Waals surface area contributed by atoms with Crippen molar-refractivity contribution in [3.8, 4) is 22.4 Å². The Labute approximate surface area is 254 Å². The number of nitrogens with zero attached hydrogens (tertiary/aromatic N) is 4. The Hall–Kier alpha value is -4.44. The molecular formula is C34H34F3N5O2. The van der Waals surface area contributed by atoms with Crippen molar-refractivity contribution >= 4 is 12.0 Å². The summed E-state index contributed by atoms with van der Waals surface area (Å²) in [5.74, 6) is 0.729. The van der Waals surface area contributed by atoms with E-state index in [2.05, 4.69) is 14.8 Å². The van der Waals surface area contributed by atoms with Crippen molar-refractivity contribution in [2.75, 3.05) is 44.2 Å². The average molecular weight is 602 g/mol. The van der Waals surface area contributed by atoms with E-state index >= 15 is 0 Å². The maximum atomic E-state index is 12.9. The van der Waals surface area contributed by atoms with E-state index in [-0.39, 0.29) is 0 Å². The molecule has 44 heavy (non-hydrogen) atoms. The molecule has 4 aromatic rings. The minimum atomic E-state index is -4.53. The molecule has 0 unspecified atom stereocenters. The summed E-state index contributed by atoms with van der Waals surface area (Å²) in [6, 6.07) is 27.3. The summed E-state index contributed by atoms with van der Waals surface area (Å²) in [6.07, 6.45) is -1.78. The number of unbranched alkanes of at least 4 members (excludes halogenated alkanes) is 1. The molecule has 0 spiro atoms. The average Bonchev–Trinajstić information content (AvgIpc) is 3.32. The molecule has 0 saturated carbocycles. The zero-order valence-electron chi connectivity index (χ0n) is 24.3. The van der Waals surface area contributed by atoms with Crippen LogP contribution in [-0.2, 0) is 10.3 Å². The van der Waals surface area contributed by atoms with Gasteiger partial charge in [0.15, 0.2) is 5.60 Å². The highest BCUT2D eigenvalue weighted by molar-refractivity contribution is 5.82. The first-order valence-electron chi connectivity index (χ1n) is 14.9. The third kappa shape index (κ3) is 6.40. The lowest BCUT2D eigenvalue weighted by molar-refractivity contribution is -0.124. The third-order valence-electron chi connectivity index (χ3n) is 8.34. The van der Waals surface area contributed by atoms with Gasteiger partial charge in [-0.3, -0.25) is 4.90 Å². The van der Waals surface area contributed by atoms with Crippen LogP contribution in [0.2, 0.25) is 0 Å². The molecule has 1 aliphatic carbocycles. The van der Waals surface area contributed by atoms with Gasteiger partial charge in [0.2, 0.25) is 5.95 Å². The van der Waals surface area contributed by atoms with Crippen LogP contribution in [0.25, 0.3) is 22.4 Å². The van der Waals surface area contributed by atoms with E-state index in [1.807, 2.05) is 90.2 Å². The molecule has 2 heterocycles. The number of alkyl halides is 3. The first kappa shape index (κ1) is 29.6. The molecule has 7 nitrogen and oxygen atoms in total. The van der Waals surface area contributed by atoms with Gasteiger partial charge in [-0.05, 0) is 43.0 Å². The molecule has 10 heteroatoms. The van der Waals surface area contributed by atoms with Crippen molar-refractivity contribution in [3.05, 3.63) is 102 Å². The number of benzene rings is 3. The number of hydrogen-bond acceptors (Lipinski definition) is 6. The van der Waals surface area contributed by atoms with E-state index in [4.69, 9.17) is 9.72 Å². The molecule has 228 valence electrons. The normalized spacial score (nSPS) is 15.8. The first-order valence-corrected chi connectivity index (χ1v) is 14.9. The van der Waals surface area contributed by atoms with Gasteiger partial charge >= 0.3 is 12.3 Å². The van der Waals surface area contributed by atoms with E-state index in [0.717, 1.165) is 85.0 Å². The number of carbonyl (C=O) groups is 1. The molecule has 1 amide bonds. The van der Waals surface area contributed by atoms with Crippen LogP contribution in [0.15, 0.2) is 91.1 Å². The zero-order valence-corrected chi connectivity index (χ0v) is 24.3. The summed E-state index contributed by atoms with van der Waals surface area (Å²) in [5.41, 5.74) is 4.26. The smallest absolute Gasteiger partial charge is 0.408 e. The second kappa shape index (κ2) is 12.7. The second-order valence-corrected chi connectivity index (χ2v) is 11.2. The third-order valence-corrected chi connectivity index (χ3v) is 8.34. The molecular weight excluding hydrogens is 567 g/mol. The fourth-order valence-electron chi connectivity index (χ4n) is 6.23. The number of piperazine rings is 1. The maximum absolute atomic E-state index is 12.9. The minimum absolute atomic E-state index is 0.459. The Morgan fingerprint density at radius 1 is 0.841 bits per heavy atom. The van der Waals surface area contributed by atoms with Crippen molar-refractivity contribution in [2.45, 2.75) is 31.0 Å². The van der Waals surface area contributed by atoms with Crippen molar-refractivity contribution in [3.63, 3.8) is 0 Å². The van der Waals surface area contributed by atoms with Crippen LogP contribution in [0.4, 0.5) is 23.9 Å². The Bertz CT molecular complexity index is 1540. The predicted molar refractivity (Wildman–Crippen MR) is 163 cm³/mol. The SMILES string of the molecule is O=C(NCC(F)(F)F)OC1(CCCCN2CCN(c3nccc(-c4ccccc4)n3)CC2)c2ccccc2-c2ccccc21. The number of aromatic nitrogens is 2. The molecule has 0 atom stereocenters. The summed E-state index contributed by atoms with van der Waals surface area (Å²) < 4.78 is 44.5. The Morgan fingerprint density at radius 3 is 2.14 bits per heavy atom. The summed E-state index contributed by atoms with van der Waals surface area (Å²) >= 11 is 0. The van der Waals surface area contributed by atoms with E-state index in [9.17, 15) is 18.0 Å². The number of ether oxygens (including phenoxy) is 1. The monoisotopic (exact) mass is 601 g/mol. The quantitative estimate of drug-likeness (QED) is 0.217. The van der Waals surface area contributed by atoms with Gasteiger partial charge in [-0.25, -0.2) is 14.8 Å². The van der Waals surface area contributed by atoms with E-state index in [1.54, 1.807) is 6.20 Å². The summed E-state index contributed by atoms with van der Waals surface area (Å²) in [5, 5.41) is 1.90. The Morgan fingerprint density at radius 2 is 1.48 bits per heavy atom. The number of carbonyl (C=O) groups excluding carboxylic acids is 1. The number of fused-ring (bicyclic) bond motifs is 3. The topological polar surface area (TPSA) is 70.6 Å². The number of nitrogens with one attached hydrogen (secondary N) is 1. The van der Waals surface area contributed by atoms with Crippen molar-refractivity contribution in [2.24, 2.45) is 0 Å². The summed E-state index contributed by atoms with van der Waals surface area (Å²) in [6.45, 7) is 2.77. The fraction of sp³-hybridized carbons (Fsp3) is 0.324. The van der Waals surface area contributed by atoms with Crippen LogP contribution in [0.5, 0.6) is 0 Å². The highest BCUT2D eigenvalue weighted by Crippen LogP contribution is 2.52. The van der Waals surface area contributed by atoms with E-state index in [0.29, 0.717) is 6.42 Å². The second-order valence-electron chi connectivity index (χ2n) is 11.2. The van der Waals surface area contributed by atoms with Crippen LogP contribution >= 0.6 is 0 Å². The minimum Gasteiger partial charge on any atom is -0.433 e. The van der Waals surface area contributed by atoms with Gasteiger partial charge in [0.1, 0.15) is 6.54 Å². The van der Waals surface area contributed by atoms with Gasteiger partial charge < -0.3 is 15.0 Å². The van der Waals surface area contributed by atoms with Crippen molar-refractivity contribution in [1.29, 1.82) is 0 Å². The van der Waals surface area contributed by atoms with Gasteiger partial charge in [-0.2, -0.15) is 13.2 Å². The van der Waals surface area contributed by atoms with Gasteiger partial charge in [0.05, 0.1) is 5.69 Å². The lowest BCUT2D eigenvalue weighted by Crippen LogP contribution is -2.47. The highest BCUT2D eigenvalue weighted by Gasteiger charge is 2.46. The number of amides is 1. The molecule has 2 aliphatic rings. The molecule has 3 aromatic carbocycles. The van der Waals surface area contributed by atoms with Crippen LogP contribution < -0.4 is 10.2 Å². The van der Waals surface area contributed by atoms with Crippen molar-refractivity contribution in [1.82, 2.24) is 20.2 Å². The fourth-order valence-corrected chi connectivity index (χ4v) is 6.23. The van der Waals surface area contributed by atoms with Gasteiger partial charge in [0.25, 0.3) is 0 Å². The maximum Gasteiger partial charge on any atom is 0.408 e. The number of halogens is 3. The lowest BCUT2D eigenvalue weighted by atomic mass is 9.86. The van der Waals surface area contributed by atoms with Gasteiger partial charge in [0, 0.05) is 49.1 Å². The molecule has 0 radical (unpaired) electrons. The zero-order chi connectivity index (χ0) is 30.6. The predicted octanol–water partition coefficient (Wildman–Crippen LogP) is 6.65. The van der Waals surface area contributed by atoms with E-state index in [1.165, 1.54) is 0 Å². The molecule has 0 bridgehead atoms. The molecule has 1 N–H and O–H groups in total. The van der Waals surface area contributed by atoms with Crippen LogP contribution in [0.1, 0.15) is 30.4 Å². The Balaban J connectivity index is 1.09. The van der Waals surface area contributed by atoms with Gasteiger partial charge in [-0.1, -0.05) is 78.9 Å².